The van der Waals surface area contributed by atoms with Crippen LogP contribution in [0.5, 0.6) is 0 Å². The summed E-state index contributed by atoms with van der Waals surface area (Å²) in [4.78, 5) is 41.4. The van der Waals surface area contributed by atoms with Crippen LogP contribution < -0.4 is 10.9 Å². The maximum atomic E-state index is 12.6. The Balaban J connectivity index is 1.44. The largest absolute Gasteiger partial charge is 0.454 e. The molecular formula is C21H19N5O5S. The number of anilines is 1. The molecule has 4 aromatic rings. The van der Waals surface area contributed by atoms with Crippen molar-refractivity contribution in [3.05, 3.63) is 67.8 Å². The van der Waals surface area contributed by atoms with Gasteiger partial charge in [-0.2, -0.15) is 0 Å². The van der Waals surface area contributed by atoms with E-state index in [1.54, 1.807) is 6.92 Å². The van der Waals surface area contributed by atoms with Crippen molar-refractivity contribution in [1.29, 1.82) is 0 Å². The average molecular weight is 453 g/mol. The number of aryl methyl sites for hydroxylation is 3. The average Bonchev–Trinajstić information content (AvgIpc) is 3.40. The van der Waals surface area contributed by atoms with Gasteiger partial charge in [0.1, 0.15) is 29.6 Å². The second-order valence-corrected chi connectivity index (χ2v) is 8.02. The lowest BCUT2D eigenvalue weighted by Gasteiger charge is -2.03. The Bertz CT molecular complexity index is 1370. The Labute approximate surface area is 185 Å². The molecule has 0 saturated heterocycles. The molecule has 0 fully saturated rings. The van der Waals surface area contributed by atoms with Crippen LogP contribution in [0.15, 0.2) is 39.8 Å². The van der Waals surface area contributed by atoms with E-state index in [4.69, 9.17) is 9.15 Å². The molecule has 0 bridgehead atoms. The summed E-state index contributed by atoms with van der Waals surface area (Å²) >= 11 is 1.01. The molecule has 32 heavy (non-hydrogen) atoms. The first-order chi connectivity index (χ1) is 15.4. The molecule has 0 atom stereocenters. The molecule has 164 valence electrons. The highest BCUT2D eigenvalue weighted by molar-refractivity contribution is 7.13. The van der Waals surface area contributed by atoms with E-state index in [0.29, 0.717) is 10.7 Å². The normalized spacial score (nSPS) is 11.0. The predicted octanol–water partition coefficient (Wildman–Crippen LogP) is 2.86. The number of nitrogens with one attached hydrogen (secondary N) is 1. The van der Waals surface area contributed by atoms with Gasteiger partial charge in [-0.3, -0.25) is 9.59 Å². The summed E-state index contributed by atoms with van der Waals surface area (Å²) in [5, 5.41) is 11.1. The summed E-state index contributed by atoms with van der Waals surface area (Å²) in [6.45, 7) is 3.40. The molecule has 10 nitrogen and oxygen atoms in total. The van der Waals surface area contributed by atoms with Gasteiger partial charge in [0.2, 0.25) is 10.7 Å². The van der Waals surface area contributed by atoms with E-state index in [-0.39, 0.29) is 34.0 Å². The molecule has 0 radical (unpaired) electrons. The van der Waals surface area contributed by atoms with E-state index >= 15 is 0 Å². The van der Waals surface area contributed by atoms with E-state index < -0.39 is 17.4 Å². The third kappa shape index (κ3) is 4.14. The van der Waals surface area contributed by atoms with Gasteiger partial charge in [-0.15, -0.1) is 10.2 Å². The van der Waals surface area contributed by atoms with Crippen LogP contribution >= 0.6 is 11.3 Å². The van der Waals surface area contributed by atoms with E-state index in [2.05, 4.69) is 27.4 Å². The third-order valence-corrected chi connectivity index (χ3v) is 5.66. The minimum Gasteiger partial charge on any atom is -0.454 e. The number of fused-ring (bicyclic) bond motifs is 1. The van der Waals surface area contributed by atoms with Crippen molar-refractivity contribution >= 4 is 40.0 Å². The number of esters is 1. The van der Waals surface area contributed by atoms with Crippen molar-refractivity contribution in [3.8, 4) is 0 Å². The molecule has 1 amide bonds. The van der Waals surface area contributed by atoms with Crippen molar-refractivity contribution < 1.29 is 18.7 Å². The third-order valence-electron chi connectivity index (χ3n) is 4.76. The van der Waals surface area contributed by atoms with Crippen molar-refractivity contribution in [3.63, 3.8) is 0 Å². The summed E-state index contributed by atoms with van der Waals surface area (Å²) in [6.07, 6.45) is 2.22. The Morgan fingerprint density at radius 3 is 2.69 bits per heavy atom. The molecule has 0 aliphatic heterocycles. The fourth-order valence-electron chi connectivity index (χ4n) is 3.04. The number of rotatable bonds is 6. The van der Waals surface area contributed by atoms with Crippen molar-refractivity contribution in [2.75, 3.05) is 5.32 Å². The number of hydrogen-bond acceptors (Lipinski definition) is 9. The van der Waals surface area contributed by atoms with Crippen molar-refractivity contribution in [2.24, 2.45) is 7.05 Å². The zero-order valence-electron chi connectivity index (χ0n) is 17.5. The number of aromatic nitrogens is 4. The molecule has 11 heteroatoms. The van der Waals surface area contributed by atoms with Gasteiger partial charge in [-0.05, 0) is 31.0 Å². The fourth-order valence-corrected chi connectivity index (χ4v) is 3.69. The first-order valence-corrected chi connectivity index (χ1v) is 10.5. The Hall–Kier alpha value is -3.86. The second-order valence-electron chi connectivity index (χ2n) is 6.96. The smallest absolute Gasteiger partial charge is 0.343 e. The highest BCUT2D eigenvalue weighted by atomic mass is 32.1. The van der Waals surface area contributed by atoms with Crippen LogP contribution in [0.3, 0.4) is 0 Å². The number of nitrogens with zero attached hydrogens (tertiary/aromatic N) is 4. The molecular weight excluding hydrogens is 434 g/mol. The van der Waals surface area contributed by atoms with E-state index in [9.17, 15) is 14.4 Å². The van der Waals surface area contributed by atoms with Crippen LogP contribution in [0.25, 0.3) is 11.1 Å². The van der Waals surface area contributed by atoms with Gasteiger partial charge in [-0.25, -0.2) is 9.78 Å². The molecule has 3 heterocycles. The molecule has 0 unspecified atom stereocenters. The molecule has 1 N–H and O–H groups in total. The van der Waals surface area contributed by atoms with E-state index in [0.717, 1.165) is 23.3 Å². The van der Waals surface area contributed by atoms with Gasteiger partial charge in [0.25, 0.3) is 11.5 Å². The number of ether oxygens (including phenoxy) is 1. The number of hydrogen-bond donors (Lipinski definition) is 1. The van der Waals surface area contributed by atoms with Crippen molar-refractivity contribution in [1.82, 2.24) is 19.7 Å². The van der Waals surface area contributed by atoms with Crippen LogP contribution in [-0.2, 0) is 24.8 Å². The molecule has 0 spiro atoms. The standard InChI is InChI=1S/C21H19N5O5S/c1-4-12-5-7-13(8-6-12)23-17(27)19-25-24-14(32-19)9-30-21(29)15-11(2)31-18-16(15)20(28)26(3)10-22-18/h5-8,10H,4,9H2,1-3H3,(H,23,27). The van der Waals surface area contributed by atoms with Crippen LogP contribution in [0, 0.1) is 6.92 Å². The van der Waals surface area contributed by atoms with Crippen LogP contribution in [0.1, 0.15) is 43.4 Å². The summed E-state index contributed by atoms with van der Waals surface area (Å²) in [5.41, 5.74) is 1.48. The Morgan fingerprint density at radius 2 is 1.97 bits per heavy atom. The number of furan rings is 1. The minimum atomic E-state index is -0.747. The Morgan fingerprint density at radius 1 is 1.22 bits per heavy atom. The fraction of sp³-hybridized carbons (Fsp3) is 0.238. The van der Waals surface area contributed by atoms with Crippen LogP contribution in [0.2, 0.25) is 0 Å². The van der Waals surface area contributed by atoms with Gasteiger partial charge in [0, 0.05) is 12.7 Å². The molecule has 3 aromatic heterocycles. The SMILES string of the molecule is CCc1ccc(NC(=O)c2nnc(COC(=O)c3c(C)oc4ncn(C)c(=O)c34)s2)cc1. The molecule has 0 aliphatic carbocycles. The molecule has 0 saturated carbocycles. The number of benzene rings is 1. The molecule has 0 aliphatic rings. The first-order valence-electron chi connectivity index (χ1n) is 9.72. The molecule has 1 aromatic carbocycles. The lowest BCUT2D eigenvalue weighted by molar-refractivity contribution is 0.0471. The first kappa shape index (κ1) is 21.4. The van der Waals surface area contributed by atoms with Gasteiger partial charge >= 0.3 is 5.97 Å². The van der Waals surface area contributed by atoms with Gasteiger partial charge in [0.05, 0.1) is 0 Å². The summed E-state index contributed by atoms with van der Waals surface area (Å²) in [7, 11) is 1.53. The van der Waals surface area contributed by atoms with Crippen LogP contribution in [-0.4, -0.2) is 31.6 Å². The number of amides is 1. The minimum absolute atomic E-state index is 0.0201. The van der Waals surface area contributed by atoms with Crippen molar-refractivity contribution in [2.45, 2.75) is 26.9 Å². The van der Waals surface area contributed by atoms with E-state index in [1.807, 2.05) is 24.3 Å². The monoisotopic (exact) mass is 453 g/mol. The van der Waals surface area contributed by atoms with Gasteiger partial charge in [-0.1, -0.05) is 30.4 Å². The maximum absolute atomic E-state index is 12.6. The zero-order chi connectivity index (χ0) is 22.8. The number of carbonyl (C=O) groups is 2. The Kier molecular flexibility index (Phi) is 5.82. The van der Waals surface area contributed by atoms with Gasteiger partial charge in [0.15, 0.2) is 5.01 Å². The molecule has 4 rings (SSSR count). The topological polar surface area (TPSA) is 129 Å². The lowest BCUT2D eigenvalue weighted by atomic mass is 10.1. The summed E-state index contributed by atoms with van der Waals surface area (Å²) < 4.78 is 12.0. The second kappa shape index (κ2) is 8.71. The predicted molar refractivity (Wildman–Crippen MR) is 117 cm³/mol. The summed E-state index contributed by atoms with van der Waals surface area (Å²) in [6, 6.07) is 7.50. The zero-order valence-corrected chi connectivity index (χ0v) is 18.4. The van der Waals surface area contributed by atoms with E-state index in [1.165, 1.54) is 17.9 Å². The van der Waals surface area contributed by atoms with Gasteiger partial charge < -0.3 is 19.0 Å². The maximum Gasteiger partial charge on any atom is 0.343 e. The summed E-state index contributed by atoms with van der Waals surface area (Å²) in [5.74, 6) is -0.925. The quantitative estimate of drug-likeness (QED) is 0.441. The van der Waals surface area contributed by atoms with Crippen LogP contribution in [0.4, 0.5) is 5.69 Å². The number of carbonyl (C=O) groups excluding carboxylic acids is 2. The highest BCUT2D eigenvalue weighted by Gasteiger charge is 2.24. The highest BCUT2D eigenvalue weighted by Crippen LogP contribution is 2.22. The lowest BCUT2D eigenvalue weighted by Crippen LogP contribution is -2.19.